The fraction of sp³-hybridized carbons (Fsp3) is 0.167. The Morgan fingerprint density at radius 3 is 2.71 bits per heavy atom. The molecule has 0 fully saturated rings. The number of hydrogen-bond acceptors (Lipinski definition) is 4. The Labute approximate surface area is 112 Å². The highest BCUT2D eigenvalue weighted by molar-refractivity contribution is 14.1. The van der Waals surface area contributed by atoms with Gasteiger partial charge in [0.25, 0.3) is 0 Å². The van der Waals surface area contributed by atoms with Gasteiger partial charge in [-0.3, -0.25) is 4.79 Å². The molecule has 0 radical (unpaired) electrons. The molecule has 88 valence electrons. The van der Waals surface area contributed by atoms with Gasteiger partial charge in [-0.05, 0) is 23.0 Å². The topological polar surface area (TPSA) is 52.6 Å². The van der Waals surface area contributed by atoms with Gasteiger partial charge in [0.2, 0.25) is 0 Å². The predicted molar refractivity (Wildman–Crippen MR) is 70.2 cm³/mol. The molecule has 0 aliphatic heterocycles. The number of halogens is 1. The minimum absolute atomic E-state index is 0.0377. The summed E-state index contributed by atoms with van der Waals surface area (Å²) in [5.41, 5.74) is 0.337. The number of rotatable bonds is 3. The van der Waals surface area contributed by atoms with E-state index >= 15 is 0 Å². The third-order valence-electron chi connectivity index (χ3n) is 1.79. The molecule has 1 aromatic rings. The van der Waals surface area contributed by atoms with Gasteiger partial charge in [0, 0.05) is 22.6 Å². The van der Waals surface area contributed by atoms with E-state index in [0.29, 0.717) is 5.56 Å². The van der Waals surface area contributed by atoms with Crippen LogP contribution in [0.5, 0.6) is 5.75 Å². The first-order valence-corrected chi connectivity index (χ1v) is 5.76. The molecule has 0 heterocycles. The van der Waals surface area contributed by atoms with Gasteiger partial charge in [0.05, 0.1) is 5.56 Å². The van der Waals surface area contributed by atoms with Crippen LogP contribution < -0.4 is 4.74 Å². The molecule has 0 bridgehead atoms. The Bertz CT molecular complexity index is 485. The second-order valence-corrected chi connectivity index (χ2v) is 3.50. The summed E-state index contributed by atoms with van der Waals surface area (Å²) in [6.45, 7) is 1.36. The van der Waals surface area contributed by atoms with Crippen LogP contribution in [0.3, 0.4) is 0 Å². The predicted octanol–water partition coefficient (Wildman–Crippen LogP) is 2.80. The number of ether oxygens (including phenoxy) is 2. The fourth-order valence-corrected chi connectivity index (χ4v) is 1.24. The van der Waals surface area contributed by atoms with Crippen LogP contribution in [0.1, 0.15) is 17.3 Å². The lowest BCUT2D eigenvalue weighted by Gasteiger charge is -2.06. The van der Waals surface area contributed by atoms with E-state index < -0.39 is 6.16 Å². The second-order valence-electron chi connectivity index (χ2n) is 2.96. The summed E-state index contributed by atoms with van der Waals surface area (Å²) in [6.07, 6.45) is -0.877. The Balaban J connectivity index is 2.70. The molecule has 0 aliphatic rings. The summed E-state index contributed by atoms with van der Waals surface area (Å²) < 4.78 is 12.1. The van der Waals surface area contributed by atoms with Gasteiger partial charge in [-0.25, -0.2) is 4.79 Å². The number of carbonyl (C=O) groups excluding carboxylic acids is 2. The lowest BCUT2D eigenvalue weighted by atomic mass is 10.1. The van der Waals surface area contributed by atoms with Crippen molar-refractivity contribution in [3.05, 3.63) is 29.8 Å². The van der Waals surface area contributed by atoms with Gasteiger partial charge in [-0.1, -0.05) is 18.1 Å². The smallest absolute Gasteiger partial charge is 0.421 e. The standard InChI is InChI=1S/C12H9IO4/c1-9(14)10-5-2-3-6-11(10)17-12(15)16-8-4-7-13/h2-3,5-6H,8H2,1H3. The molecule has 0 amide bonds. The average molecular weight is 344 g/mol. The number of ketones is 1. The molecule has 4 nitrogen and oxygen atoms in total. The van der Waals surface area contributed by atoms with Gasteiger partial charge in [0.1, 0.15) is 5.75 Å². The lowest BCUT2D eigenvalue weighted by Crippen LogP contribution is -2.12. The maximum absolute atomic E-state index is 11.3. The van der Waals surface area contributed by atoms with Crippen LogP contribution in [-0.4, -0.2) is 18.5 Å². The van der Waals surface area contributed by atoms with Crippen LogP contribution >= 0.6 is 22.6 Å². The van der Waals surface area contributed by atoms with Gasteiger partial charge < -0.3 is 9.47 Å². The zero-order valence-electron chi connectivity index (χ0n) is 9.03. The van der Waals surface area contributed by atoms with Crippen molar-refractivity contribution in [3.8, 4) is 15.6 Å². The molecule has 0 atom stereocenters. The van der Waals surface area contributed by atoms with Crippen molar-refractivity contribution in [3.63, 3.8) is 0 Å². The maximum atomic E-state index is 11.3. The number of Topliss-reactive ketones (excluding diaryl/α,β-unsaturated/α-hetero) is 1. The van der Waals surface area contributed by atoms with E-state index in [2.05, 4.69) is 14.6 Å². The molecule has 0 aliphatic carbocycles. The van der Waals surface area contributed by atoms with Gasteiger partial charge in [-0.2, -0.15) is 0 Å². The fourth-order valence-electron chi connectivity index (χ4n) is 1.09. The largest absolute Gasteiger partial charge is 0.514 e. The van der Waals surface area contributed by atoms with E-state index in [-0.39, 0.29) is 18.1 Å². The van der Waals surface area contributed by atoms with Crippen molar-refractivity contribution in [2.45, 2.75) is 6.92 Å². The first-order chi connectivity index (χ1) is 8.15. The van der Waals surface area contributed by atoms with Crippen molar-refractivity contribution in [1.29, 1.82) is 0 Å². The Hall–Kier alpha value is -1.55. The monoisotopic (exact) mass is 344 g/mol. The number of carbonyl (C=O) groups is 2. The van der Waals surface area contributed by atoms with Crippen molar-refractivity contribution in [1.82, 2.24) is 0 Å². The third-order valence-corrected chi connectivity index (χ3v) is 2.17. The van der Waals surface area contributed by atoms with Gasteiger partial charge in [0.15, 0.2) is 12.4 Å². The zero-order chi connectivity index (χ0) is 12.7. The summed E-state index contributed by atoms with van der Waals surface area (Å²) in [4.78, 5) is 22.5. The Morgan fingerprint density at radius 1 is 1.35 bits per heavy atom. The van der Waals surface area contributed by atoms with E-state index in [1.54, 1.807) is 18.2 Å². The lowest BCUT2D eigenvalue weighted by molar-refractivity contribution is 0.1000. The summed E-state index contributed by atoms with van der Waals surface area (Å²) in [5, 5.41) is 0. The Morgan fingerprint density at radius 2 is 2.06 bits per heavy atom. The zero-order valence-corrected chi connectivity index (χ0v) is 11.2. The normalized spacial score (nSPS) is 8.82. The van der Waals surface area contributed by atoms with Crippen LogP contribution in [0, 0.1) is 9.85 Å². The molecule has 0 N–H and O–H groups in total. The molecular weight excluding hydrogens is 335 g/mol. The van der Waals surface area contributed by atoms with Crippen molar-refractivity contribution >= 4 is 34.5 Å². The summed E-state index contributed by atoms with van der Waals surface area (Å²) in [5.74, 6) is 2.56. The molecular formula is C12H9IO4. The number of benzene rings is 1. The van der Waals surface area contributed by atoms with Crippen LogP contribution in [-0.2, 0) is 4.74 Å². The molecule has 0 unspecified atom stereocenters. The van der Waals surface area contributed by atoms with Crippen molar-refractivity contribution in [2.75, 3.05) is 6.61 Å². The van der Waals surface area contributed by atoms with Gasteiger partial charge >= 0.3 is 6.16 Å². The molecule has 5 heteroatoms. The van der Waals surface area contributed by atoms with E-state index in [1.165, 1.54) is 13.0 Å². The summed E-state index contributed by atoms with van der Waals surface area (Å²) >= 11 is 1.83. The van der Waals surface area contributed by atoms with Crippen LogP contribution in [0.15, 0.2) is 24.3 Å². The molecule has 0 saturated carbocycles. The minimum Gasteiger partial charge on any atom is -0.421 e. The minimum atomic E-state index is -0.877. The van der Waals surface area contributed by atoms with Crippen LogP contribution in [0.25, 0.3) is 0 Å². The second kappa shape index (κ2) is 6.91. The molecule has 0 saturated heterocycles. The molecule has 0 aromatic heterocycles. The molecule has 1 rings (SSSR count). The highest BCUT2D eigenvalue weighted by atomic mass is 127. The SMILES string of the molecule is CC(=O)c1ccccc1OC(=O)OCC#CI. The quantitative estimate of drug-likeness (QED) is 0.278. The van der Waals surface area contributed by atoms with E-state index in [9.17, 15) is 9.59 Å². The highest BCUT2D eigenvalue weighted by Crippen LogP contribution is 2.18. The van der Waals surface area contributed by atoms with Crippen molar-refractivity contribution in [2.24, 2.45) is 0 Å². The number of para-hydroxylation sites is 1. The van der Waals surface area contributed by atoms with Crippen LogP contribution in [0.2, 0.25) is 0 Å². The number of hydrogen-bond donors (Lipinski definition) is 0. The van der Waals surface area contributed by atoms with E-state index in [0.717, 1.165) is 0 Å². The summed E-state index contributed by atoms with van der Waals surface area (Å²) in [7, 11) is 0. The first-order valence-electron chi connectivity index (χ1n) is 4.68. The van der Waals surface area contributed by atoms with Gasteiger partial charge in [-0.15, -0.1) is 0 Å². The Kier molecular flexibility index (Phi) is 5.49. The highest BCUT2D eigenvalue weighted by Gasteiger charge is 2.12. The molecule has 1 aromatic carbocycles. The third kappa shape index (κ3) is 4.44. The van der Waals surface area contributed by atoms with E-state index in [1.807, 2.05) is 22.6 Å². The van der Waals surface area contributed by atoms with Crippen LogP contribution in [0.4, 0.5) is 4.79 Å². The summed E-state index contributed by atoms with van der Waals surface area (Å²) in [6, 6.07) is 6.47. The van der Waals surface area contributed by atoms with Crippen molar-refractivity contribution < 1.29 is 19.1 Å². The average Bonchev–Trinajstić information content (AvgIpc) is 2.29. The first kappa shape index (κ1) is 13.5. The molecule has 0 spiro atoms. The van der Waals surface area contributed by atoms with E-state index in [4.69, 9.17) is 4.74 Å². The maximum Gasteiger partial charge on any atom is 0.514 e. The molecule has 17 heavy (non-hydrogen) atoms.